The predicted octanol–water partition coefficient (Wildman–Crippen LogP) is 4.07. The molecule has 6 nitrogen and oxygen atoms in total. The van der Waals surface area contributed by atoms with Gasteiger partial charge in [0.2, 0.25) is 0 Å². The van der Waals surface area contributed by atoms with E-state index in [1.807, 2.05) is 0 Å². The molecule has 2 aromatic carbocycles. The van der Waals surface area contributed by atoms with E-state index in [1.54, 1.807) is 0 Å². The van der Waals surface area contributed by atoms with Crippen molar-refractivity contribution in [3.63, 3.8) is 0 Å². The fourth-order valence-electron chi connectivity index (χ4n) is 2.16. The lowest BCUT2D eigenvalue weighted by atomic mass is 10.1. The Morgan fingerprint density at radius 3 is 2.38 bits per heavy atom. The molecule has 134 valence electrons. The van der Waals surface area contributed by atoms with E-state index in [-0.39, 0.29) is 17.1 Å². The number of halogens is 4. The summed E-state index contributed by atoms with van der Waals surface area (Å²) in [6, 6.07) is 6.96. The molecule has 0 radical (unpaired) electrons. The molecule has 0 aliphatic heterocycles. The van der Waals surface area contributed by atoms with E-state index in [4.69, 9.17) is 0 Å². The second-order valence-electron chi connectivity index (χ2n) is 5.16. The van der Waals surface area contributed by atoms with E-state index in [9.17, 15) is 22.4 Å². The summed E-state index contributed by atoms with van der Waals surface area (Å²) in [5.74, 6) is -0.484. The quantitative estimate of drug-likeness (QED) is 0.688. The van der Waals surface area contributed by atoms with Gasteiger partial charge in [-0.25, -0.2) is 18.9 Å². The van der Waals surface area contributed by atoms with Crippen LogP contribution in [0.2, 0.25) is 0 Å². The van der Waals surface area contributed by atoms with Crippen molar-refractivity contribution in [3.05, 3.63) is 66.5 Å². The molecule has 2 N–H and O–H groups in total. The molecule has 0 atom stereocenters. The third kappa shape index (κ3) is 3.97. The van der Waals surface area contributed by atoms with Crippen LogP contribution in [0.15, 0.2) is 55.1 Å². The molecular weight excluding hydrogens is 354 g/mol. The first-order valence-corrected chi connectivity index (χ1v) is 7.23. The maximum Gasteiger partial charge on any atom is 0.416 e. The topological polar surface area (TPSA) is 71.8 Å². The number of rotatable bonds is 3. The number of urea groups is 1. The van der Waals surface area contributed by atoms with Gasteiger partial charge in [0.05, 0.1) is 16.9 Å². The van der Waals surface area contributed by atoms with E-state index in [1.165, 1.54) is 35.5 Å². The van der Waals surface area contributed by atoms with Crippen LogP contribution in [0.5, 0.6) is 0 Å². The zero-order valence-electron chi connectivity index (χ0n) is 13.0. The number of benzene rings is 2. The number of carbonyl (C=O) groups excluding carboxylic acids is 1. The highest BCUT2D eigenvalue weighted by Crippen LogP contribution is 2.33. The number of aromatic nitrogens is 3. The van der Waals surface area contributed by atoms with Gasteiger partial charge in [-0.15, -0.1) is 0 Å². The molecule has 3 rings (SSSR count). The van der Waals surface area contributed by atoms with Crippen molar-refractivity contribution in [2.45, 2.75) is 6.18 Å². The van der Waals surface area contributed by atoms with Crippen molar-refractivity contribution in [1.29, 1.82) is 0 Å². The van der Waals surface area contributed by atoms with E-state index in [2.05, 4.69) is 20.7 Å². The van der Waals surface area contributed by atoms with Gasteiger partial charge < -0.3 is 10.6 Å². The van der Waals surface area contributed by atoms with Crippen LogP contribution in [0.3, 0.4) is 0 Å². The van der Waals surface area contributed by atoms with Crippen LogP contribution in [-0.4, -0.2) is 20.8 Å². The van der Waals surface area contributed by atoms with Gasteiger partial charge in [-0.05, 0) is 42.5 Å². The van der Waals surface area contributed by atoms with Crippen LogP contribution in [-0.2, 0) is 6.18 Å². The van der Waals surface area contributed by atoms with Crippen LogP contribution in [0.1, 0.15) is 5.56 Å². The molecule has 2 amide bonds. The fraction of sp³-hybridized carbons (Fsp3) is 0.0625. The van der Waals surface area contributed by atoms with E-state index < -0.39 is 23.6 Å². The van der Waals surface area contributed by atoms with Gasteiger partial charge in [0.1, 0.15) is 18.5 Å². The Morgan fingerprint density at radius 1 is 1.04 bits per heavy atom. The monoisotopic (exact) mass is 365 g/mol. The smallest absolute Gasteiger partial charge is 0.308 e. The van der Waals surface area contributed by atoms with E-state index >= 15 is 0 Å². The van der Waals surface area contributed by atoms with Crippen molar-refractivity contribution in [1.82, 2.24) is 14.8 Å². The summed E-state index contributed by atoms with van der Waals surface area (Å²) in [5.41, 5.74) is -0.577. The summed E-state index contributed by atoms with van der Waals surface area (Å²) < 4.78 is 53.0. The minimum atomic E-state index is -4.58. The van der Waals surface area contributed by atoms with Gasteiger partial charge in [-0.1, -0.05) is 0 Å². The van der Waals surface area contributed by atoms with E-state index in [0.29, 0.717) is 0 Å². The lowest BCUT2D eigenvalue weighted by molar-refractivity contribution is -0.137. The van der Waals surface area contributed by atoms with Gasteiger partial charge in [0.15, 0.2) is 0 Å². The third-order valence-corrected chi connectivity index (χ3v) is 3.34. The molecule has 0 fully saturated rings. The van der Waals surface area contributed by atoms with Gasteiger partial charge in [-0.2, -0.15) is 18.3 Å². The molecule has 0 saturated heterocycles. The summed E-state index contributed by atoms with van der Waals surface area (Å²) in [6.07, 6.45) is -2.09. The number of nitrogens with one attached hydrogen (secondary N) is 2. The maximum absolute atomic E-state index is 13.0. The van der Waals surface area contributed by atoms with Crippen molar-refractivity contribution < 1.29 is 22.4 Å². The lowest BCUT2D eigenvalue weighted by Gasteiger charge is -2.15. The van der Waals surface area contributed by atoms with Crippen LogP contribution in [0.4, 0.5) is 33.7 Å². The first-order chi connectivity index (χ1) is 12.3. The number of nitrogens with zero attached hydrogens (tertiary/aromatic N) is 3. The Bertz CT molecular complexity index is 907. The first kappa shape index (κ1) is 17.4. The molecule has 3 aromatic rings. The Balaban J connectivity index is 1.88. The minimum absolute atomic E-state index is 0.120. The molecule has 0 aliphatic rings. The summed E-state index contributed by atoms with van der Waals surface area (Å²) in [7, 11) is 0. The van der Waals surface area contributed by atoms with E-state index in [0.717, 1.165) is 24.3 Å². The molecule has 1 aromatic heterocycles. The normalized spacial score (nSPS) is 11.2. The standard InChI is InChI=1S/C16H11F4N5O/c17-11-2-4-12(5-3-11)23-15(26)24-13-7-10(16(18,19)20)1-6-14(13)25-9-21-8-22-25/h1-9H,(H2,23,24,26). The highest BCUT2D eigenvalue weighted by Gasteiger charge is 2.31. The molecule has 0 spiro atoms. The van der Waals surface area contributed by atoms with Crippen LogP contribution in [0.25, 0.3) is 5.69 Å². The number of hydrogen-bond donors (Lipinski definition) is 2. The number of carbonyl (C=O) groups is 1. The number of alkyl halides is 3. The maximum atomic E-state index is 13.0. The summed E-state index contributed by atoms with van der Waals surface area (Å²) in [5, 5.41) is 8.60. The zero-order valence-corrected chi connectivity index (χ0v) is 13.0. The van der Waals surface area contributed by atoms with Crippen molar-refractivity contribution in [2.75, 3.05) is 10.6 Å². The van der Waals surface area contributed by atoms with Crippen molar-refractivity contribution in [3.8, 4) is 5.69 Å². The second-order valence-corrected chi connectivity index (χ2v) is 5.16. The van der Waals surface area contributed by atoms with Gasteiger partial charge >= 0.3 is 12.2 Å². The molecule has 1 heterocycles. The van der Waals surface area contributed by atoms with Gasteiger partial charge in [0, 0.05) is 5.69 Å². The number of amides is 2. The molecule has 0 bridgehead atoms. The first-order valence-electron chi connectivity index (χ1n) is 7.23. The van der Waals surface area contributed by atoms with Crippen molar-refractivity contribution in [2.24, 2.45) is 0 Å². The third-order valence-electron chi connectivity index (χ3n) is 3.34. The minimum Gasteiger partial charge on any atom is -0.308 e. The molecular formula is C16H11F4N5O. The van der Waals surface area contributed by atoms with Gasteiger partial charge in [-0.3, -0.25) is 0 Å². The number of hydrogen-bond acceptors (Lipinski definition) is 3. The van der Waals surface area contributed by atoms with Crippen LogP contribution >= 0.6 is 0 Å². The summed E-state index contributed by atoms with van der Waals surface area (Å²) >= 11 is 0. The largest absolute Gasteiger partial charge is 0.416 e. The second kappa shape index (κ2) is 6.82. The van der Waals surface area contributed by atoms with Crippen LogP contribution in [0, 0.1) is 5.82 Å². The molecule has 26 heavy (non-hydrogen) atoms. The summed E-state index contributed by atoms with van der Waals surface area (Å²) in [6.45, 7) is 0. The van der Waals surface area contributed by atoms with Crippen molar-refractivity contribution >= 4 is 17.4 Å². The fourth-order valence-corrected chi connectivity index (χ4v) is 2.16. The Labute approximate surface area is 144 Å². The highest BCUT2D eigenvalue weighted by atomic mass is 19.4. The highest BCUT2D eigenvalue weighted by molar-refractivity contribution is 6.01. The number of anilines is 2. The zero-order chi connectivity index (χ0) is 18.7. The Morgan fingerprint density at radius 2 is 1.77 bits per heavy atom. The lowest BCUT2D eigenvalue weighted by Crippen LogP contribution is -2.21. The average molecular weight is 365 g/mol. The summed E-state index contributed by atoms with van der Waals surface area (Å²) in [4.78, 5) is 15.8. The van der Waals surface area contributed by atoms with Crippen LogP contribution < -0.4 is 10.6 Å². The predicted molar refractivity (Wildman–Crippen MR) is 85.4 cm³/mol. The average Bonchev–Trinajstić information content (AvgIpc) is 3.10. The Kier molecular flexibility index (Phi) is 4.57. The molecule has 0 aliphatic carbocycles. The SMILES string of the molecule is O=C(Nc1ccc(F)cc1)Nc1cc(C(F)(F)F)ccc1-n1cncn1. The molecule has 0 saturated carbocycles. The van der Waals surface area contributed by atoms with Gasteiger partial charge in [0.25, 0.3) is 0 Å². The molecule has 0 unspecified atom stereocenters. The Hall–Kier alpha value is -3.43. The molecule has 10 heteroatoms.